The van der Waals surface area contributed by atoms with Crippen LogP contribution in [-0.4, -0.2) is 54.2 Å². The lowest BCUT2D eigenvalue weighted by atomic mass is 9.98. The van der Waals surface area contributed by atoms with Gasteiger partial charge in [0.25, 0.3) is 0 Å². The number of alkyl carbamates (subject to hydrolysis) is 1. The van der Waals surface area contributed by atoms with Gasteiger partial charge in [-0.25, -0.2) is 4.79 Å². The second-order valence-corrected chi connectivity index (χ2v) is 6.90. The van der Waals surface area contributed by atoms with Gasteiger partial charge in [0.1, 0.15) is 13.2 Å². The number of carbonyl (C=O) groups excluding carboxylic acids is 2. The number of nitrogens with zero attached hydrogens (tertiary/aromatic N) is 1. The molecule has 0 bridgehead atoms. The van der Waals surface area contributed by atoms with Crippen LogP contribution >= 0.6 is 0 Å². The second kappa shape index (κ2) is 10.1. The Kier molecular flexibility index (Phi) is 7.07. The number of aliphatic carboxylic acids is 1. The molecule has 2 amide bonds. The van der Waals surface area contributed by atoms with E-state index < -0.39 is 24.5 Å². The molecule has 7 heteroatoms. The van der Waals surface area contributed by atoms with Gasteiger partial charge in [0.05, 0.1) is 6.54 Å². The van der Waals surface area contributed by atoms with Gasteiger partial charge in [-0.3, -0.25) is 9.59 Å². The van der Waals surface area contributed by atoms with E-state index in [1.165, 1.54) is 12.2 Å². The monoisotopic (exact) mass is 418 g/mol. The van der Waals surface area contributed by atoms with Gasteiger partial charge < -0.3 is 20.1 Å². The Morgan fingerprint density at radius 2 is 1.71 bits per heavy atom. The maximum absolute atomic E-state index is 12.1. The summed E-state index contributed by atoms with van der Waals surface area (Å²) in [4.78, 5) is 35.9. The highest BCUT2D eigenvalue weighted by Crippen LogP contribution is 2.44. The fourth-order valence-corrected chi connectivity index (χ4v) is 3.54. The van der Waals surface area contributed by atoms with Gasteiger partial charge >= 0.3 is 12.1 Å². The van der Waals surface area contributed by atoms with E-state index >= 15 is 0 Å². The van der Waals surface area contributed by atoms with Crippen LogP contribution in [0.15, 0.2) is 60.7 Å². The molecule has 0 radical (unpaired) electrons. The molecule has 0 saturated heterocycles. The minimum Gasteiger partial charge on any atom is -0.480 e. The normalized spacial score (nSPS) is 12.0. The Morgan fingerprint density at radius 3 is 2.29 bits per heavy atom. The average molecular weight is 418 g/mol. The first-order chi connectivity index (χ1) is 15.0. The molecule has 0 aliphatic heterocycles. The van der Waals surface area contributed by atoms with Crippen molar-refractivity contribution in [2.45, 2.75) is 5.92 Å². The fraction of sp³-hybridized carbons (Fsp3) is 0.208. The standard InChI is InChI=1S/C24H22N2O5/c1-2-14-26(15-23(28)29)22(27)12-7-13-25-24(30)31-16-21-19-10-5-3-8-17(19)18-9-4-6-11-20(18)21/h1,3-12,21H,13-16H2,(H,25,30)(H,28,29)/b12-7+. The van der Waals surface area contributed by atoms with Crippen molar-refractivity contribution < 1.29 is 24.2 Å². The molecule has 3 rings (SSSR count). The highest BCUT2D eigenvalue weighted by Gasteiger charge is 2.28. The number of hydrogen-bond acceptors (Lipinski definition) is 4. The van der Waals surface area contributed by atoms with Crippen LogP contribution in [0.5, 0.6) is 0 Å². The predicted octanol–water partition coefficient (Wildman–Crippen LogP) is 2.63. The summed E-state index contributed by atoms with van der Waals surface area (Å²) in [7, 11) is 0. The summed E-state index contributed by atoms with van der Waals surface area (Å²) in [6.07, 6.45) is 7.12. The van der Waals surface area contributed by atoms with Crippen LogP contribution in [0.1, 0.15) is 17.0 Å². The SMILES string of the molecule is C#CCN(CC(=O)O)C(=O)/C=C/CNC(=O)OCC1c2ccccc2-c2ccccc21. The lowest BCUT2D eigenvalue weighted by Crippen LogP contribution is -2.35. The third-order valence-corrected chi connectivity index (χ3v) is 4.89. The Balaban J connectivity index is 1.51. The van der Waals surface area contributed by atoms with Gasteiger partial charge in [0.15, 0.2) is 0 Å². The number of rotatable bonds is 8. The molecule has 0 atom stereocenters. The number of fused-ring (bicyclic) bond motifs is 3. The fourth-order valence-electron chi connectivity index (χ4n) is 3.54. The molecule has 0 fully saturated rings. The first kappa shape index (κ1) is 21.7. The van der Waals surface area contributed by atoms with E-state index in [-0.39, 0.29) is 25.6 Å². The molecule has 0 saturated carbocycles. The predicted molar refractivity (Wildman–Crippen MR) is 115 cm³/mol. The molecule has 1 aliphatic rings. The number of carboxylic acids is 1. The highest BCUT2D eigenvalue weighted by molar-refractivity contribution is 5.90. The van der Waals surface area contributed by atoms with E-state index in [1.54, 1.807) is 0 Å². The number of ether oxygens (including phenoxy) is 1. The molecule has 158 valence electrons. The molecular formula is C24H22N2O5. The molecule has 31 heavy (non-hydrogen) atoms. The van der Waals surface area contributed by atoms with Crippen LogP contribution in [0.3, 0.4) is 0 Å². The number of carboxylic acid groups (broad SMARTS) is 1. The zero-order chi connectivity index (χ0) is 22.2. The lowest BCUT2D eigenvalue weighted by molar-refractivity contribution is -0.142. The second-order valence-electron chi connectivity index (χ2n) is 6.90. The van der Waals surface area contributed by atoms with Gasteiger partial charge in [-0.05, 0) is 22.3 Å². The number of amides is 2. The van der Waals surface area contributed by atoms with Gasteiger partial charge in [-0.15, -0.1) is 6.42 Å². The number of nitrogens with one attached hydrogen (secondary N) is 1. The van der Waals surface area contributed by atoms with E-state index in [0.717, 1.165) is 27.2 Å². The van der Waals surface area contributed by atoms with Crippen molar-refractivity contribution in [1.82, 2.24) is 10.2 Å². The molecule has 7 nitrogen and oxygen atoms in total. The Bertz CT molecular complexity index is 1010. The van der Waals surface area contributed by atoms with E-state index in [2.05, 4.69) is 23.4 Å². The van der Waals surface area contributed by atoms with Crippen molar-refractivity contribution in [1.29, 1.82) is 0 Å². The van der Waals surface area contributed by atoms with Gasteiger partial charge in [0, 0.05) is 18.5 Å². The van der Waals surface area contributed by atoms with E-state index in [1.807, 2.05) is 36.4 Å². The van der Waals surface area contributed by atoms with Crippen LogP contribution < -0.4 is 5.32 Å². The van der Waals surface area contributed by atoms with Crippen molar-refractivity contribution in [2.24, 2.45) is 0 Å². The lowest BCUT2D eigenvalue weighted by Gasteiger charge is -2.15. The van der Waals surface area contributed by atoms with Gasteiger partial charge in [-0.1, -0.05) is 60.5 Å². The minimum absolute atomic E-state index is 0.0383. The smallest absolute Gasteiger partial charge is 0.407 e. The molecule has 1 aliphatic carbocycles. The molecule has 0 aromatic heterocycles. The van der Waals surface area contributed by atoms with E-state index in [4.69, 9.17) is 16.3 Å². The molecule has 0 unspecified atom stereocenters. The van der Waals surface area contributed by atoms with Crippen molar-refractivity contribution >= 4 is 18.0 Å². The van der Waals surface area contributed by atoms with Crippen molar-refractivity contribution in [2.75, 3.05) is 26.2 Å². The number of carbonyl (C=O) groups is 3. The van der Waals surface area contributed by atoms with Crippen LogP contribution in [-0.2, 0) is 14.3 Å². The average Bonchev–Trinajstić information content (AvgIpc) is 3.08. The molecule has 0 spiro atoms. The summed E-state index contributed by atoms with van der Waals surface area (Å²) in [5.41, 5.74) is 4.53. The largest absolute Gasteiger partial charge is 0.480 e. The summed E-state index contributed by atoms with van der Waals surface area (Å²) in [5.74, 6) is 0.495. The van der Waals surface area contributed by atoms with E-state index in [9.17, 15) is 14.4 Å². The third-order valence-electron chi connectivity index (χ3n) is 4.89. The van der Waals surface area contributed by atoms with Crippen LogP contribution in [0.4, 0.5) is 4.79 Å². The molecule has 2 aromatic carbocycles. The Labute approximate surface area is 180 Å². The topological polar surface area (TPSA) is 95.9 Å². The number of hydrogen-bond donors (Lipinski definition) is 2. The molecule has 2 aromatic rings. The summed E-state index contributed by atoms with van der Waals surface area (Å²) in [6.45, 7) is -0.362. The molecule has 2 N–H and O–H groups in total. The number of terminal acetylenes is 1. The Morgan fingerprint density at radius 1 is 1.10 bits per heavy atom. The summed E-state index contributed by atoms with van der Waals surface area (Å²) < 4.78 is 5.40. The van der Waals surface area contributed by atoms with Crippen molar-refractivity contribution in [3.8, 4) is 23.5 Å². The van der Waals surface area contributed by atoms with Crippen LogP contribution in [0.2, 0.25) is 0 Å². The first-order valence-electron chi connectivity index (χ1n) is 9.70. The maximum atomic E-state index is 12.1. The highest BCUT2D eigenvalue weighted by atomic mass is 16.5. The van der Waals surface area contributed by atoms with Gasteiger partial charge in [-0.2, -0.15) is 0 Å². The van der Waals surface area contributed by atoms with Crippen molar-refractivity contribution in [3.05, 3.63) is 71.8 Å². The van der Waals surface area contributed by atoms with Crippen LogP contribution in [0, 0.1) is 12.3 Å². The summed E-state index contributed by atoms with van der Waals surface area (Å²) in [5, 5.41) is 11.4. The number of benzene rings is 2. The zero-order valence-corrected chi connectivity index (χ0v) is 16.8. The summed E-state index contributed by atoms with van der Waals surface area (Å²) in [6, 6.07) is 16.1. The molecule has 0 heterocycles. The maximum Gasteiger partial charge on any atom is 0.407 e. The minimum atomic E-state index is -1.16. The van der Waals surface area contributed by atoms with Crippen molar-refractivity contribution in [3.63, 3.8) is 0 Å². The zero-order valence-electron chi connectivity index (χ0n) is 16.8. The Hall–Kier alpha value is -4.05. The quantitative estimate of drug-likeness (QED) is 0.508. The third kappa shape index (κ3) is 5.31. The molecular weight excluding hydrogens is 396 g/mol. The first-order valence-corrected chi connectivity index (χ1v) is 9.70. The van der Waals surface area contributed by atoms with Crippen LogP contribution in [0.25, 0.3) is 11.1 Å². The van der Waals surface area contributed by atoms with Gasteiger partial charge in [0.2, 0.25) is 5.91 Å². The summed E-state index contributed by atoms with van der Waals surface area (Å²) >= 11 is 0. The van der Waals surface area contributed by atoms with E-state index in [0.29, 0.717) is 0 Å².